The van der Waals surface area contributed by atoms with Crippen molar-refractivity contribution in [2.45, 2.75) is 45.1 Å². The quantitative estimate of drug-likeness (QED) is 0.506. The summed E-state index contributed by atoms with van der Waals surface area (Å²) in [6.45, 7) is 1.86. The standard InChI is InChI=1S/C24H27N3O4/c1-27-16(12-25-11-13-4-2-5-13)8-15-9-18-14(10-19(15)27)6-3-7-17-21(18)26-23(29)20(22(17)28)24(30)31/h8-10,13,25H,2-7,11-12H2,1H3,(H,30,31)(H2,26,28,29). The zero-order chi connectivity index (χ0) is 21.7. The van der Waals surface area contributed by atoms with Gasteiger partial charge in [0.2, 0.25) is 0 Å². The predicted octanol–water partition coefficient (Wildman–Crippen LogP) is 3.32. The molecule has 0 radical (unpaired) electrons. The van der Waals surface area contributed by atoms with Crippen LogP contribution < -0.4 is 10.9 Å². The Balaban J connectivity index is 1.57. The lowest BCUT2D eigenvalue weighted by Crippen LogP contribution is -2.27. The summed E-state index contributed by atoms with van der Waals surface area (Å²) >= 11 is 0. The predicted molar refractivity (Wildman–Crippen MR) is 119 cm³/mol. The van der Waals surface area contributed by atoms with Gasteiger partial charge in [-0.3, -0.25) is 4.79 Å². The third-order valence-electron chi connectivity index (χ3n) is 6.98. The summed E-state index contributed by atoms with van der Waals surface area (Å²) in [5.74, 6) is -1.01. The van der Waals surface area contributed by atoms with Crippen LogP contribution >= 0.6 is 0 Å². The van der Waals surface area contributed by atoms with Gasteiger partial charge in [-0.1, -0.05) is 6.42 Å². The molecule has 0 spiro atoms. The van der Waals surface area contributed by atoms with Crippen molar-refractivity contribution in [1.82, 2.24) is 14.9 Å². The molecule has 0 saturated heterocycles. The van der Waals surface area contributed by atoms with E-state index in [4.69, 9.17) is 0 Å². The molecule has 31 heavy (non-hydrogen) atoms. The zero-order valence-corrected chi connectivity index (χ0v) is 17.6. The summed E-state index contributed by atoms with van der Waals surface area (Å²) in [7, 11) is 2.08. The van der Waals surface area contributed by atoms with Gasteiger partial charge in [0.25, 0.3) is 5.56 Å². The maximum absolute atomic E-state index is 12.4. The van der Waals surface area contributed by atoms with Crippen LogP contribution in [0.4, 0.5) is 0 Å². The monoisotopic (exact) mass is 421 g/mol. The van der Waals surface area contributed by atoms with E-state index in [1.807, 2.05) is 0 Å². The molecular weight excluding hydrogens is 394 g/mol. The molecule has 2 aromatic heterocycles. The first-order valence-corrected chi connectivity index (χ1v) is 11.0. The van der Waals surface area contributed by atoms with Crippen LogP contribution in [0, 0.1) is 5.92 Å². The molecule has 0 atom stereocenters. The van der Waals surface area contributed by atoms with Crippen LogP contribution in [0.5, 0.6) is 5.75 Å². The maximum atomic E-state index is 12.4. The topological polar surface area (TPSA) is 107 Å². The molecule has 1 aromatic carbocycles. The maximum Gasteiger partial charge on any atom is 0.345 e. The average Bonchev–Trinajstić information content (AvgIpc) is 2.87. The fourth-order valence-electron chi connectivity index (χ4n) is 4.95. The number of aromatic nitrogens is 2. The van der Waals surface area contributed by atoms with Crippen molar-refractivity contribution in [2.75, 3.05) is 6.54 Å². The zero-order valence-electron chi connectivity index (χ0n) is 17.6. The van der Waals surface area contributed by atoms with Crippen molar-refractivity contribution in [2.24, 2.45) is 13.0 Å². The van der Waals surface area contributed by atoms with E-state index in [0.29, 0.717) is 17.7 Å². The molecule has 0 unspecified atom stereocenters. The molecule has 7 nitrogen and oxygen atoms in total. The summed E-state index contributed by atoms with van der Waals surface area (Å²) in [6.07, 6.45) is 6.07. The highest BCUT2D eigenvalue weighted by Gasteiger charge is 2.26. The third kappa shape index (κ3) is 3.33. The first kappa shape index (κ1) is 19.9. The van der Waals surface area contributed by atoms with Crippen molar-refractivity contribution < 1.29 is 15.0 Å². The Hall–Kier alpha value is -3.06. The number of aromatic hydroxyl groups is 1. The molecular formula is C24H27N3O4. The molecule has 0 amide bonds. The number of rotatable bonds is 5. The van der Waals surface area contributed by atoms with Crippen molar-refractivity contribution >= 4 is 16.9 Å². The molecule has 7 heteroatoms. The van der Waals surface area contributed by atoms with Crippen molar-refractivity contribution in [3.63, 3.8) is 0 Å². The Labute approximate surface area is 179 Å². The van der Waals surface area contributed by atoms with Gasteiger partial charge in [0, 0.05) is 41.3 Å². The van der Waals surface area contributed by atoms with Gasteiger partial charge in [-0.25, -0.2) is 4.79 Å². The van der Waals surface area contributed by atoms with E-state index >= 15 is 0 Å². The van der Waals surface area contributed by atoms with E-state index in [1.54, 1.807) is 0 Å². The second-order valence-corrected chi connectivity index (χ2v) is 8.88. The molecule has 4 N–H and O–H groups in total. The van der Waals surface area contributed by atoms with Gasteiger partial charge in [0.1, 0.15) is 5.75 Å². The number of hydrogen-bond donors (Lipinski definition) is 4. The van der Waals surface area contributed by atoms with Gasteiger partial charge < -0.3 is 25.1 Å². The molecule has 2 heterocycles. The van der Waals surface area contributed by atoms with Crippen LogP contribution in [0.1, 0.15) is 52.9 Å². The summed E-state index contributed by atoms with van der Waals surface area (Å²) in [6, 6.07) is 6.38. The number of fused-ring (bicyclic) bond motifs is 4. The van der Waals surface area contributed by atoms with E-state index < -0.39 is 22.8 Å². The van der Waals surface area contributed by atoms with Gasteiger partial charge in [0.15, 0.2) is 5.56 Å². The molecule has 5 rings (SSSR count). The minimum absolute atomic E-state index is 0.409. The van der Waals surface area contributed by atoms with Gasteiger partial charge in [0.05, 0.1) is 5.69 Å². The lowest BCUT2D eigenvalue weighted by Gasteiger charge is -2.25. The summed E-state index contributed by atoms with van der Waals surface area (Å²) < 4.78 is 2.21. The summed E-state index contributed by atoms with van der Waals surface area (Å²) in [4.78, 5) is 26.6. The van der Waals surface area contributed by atoms with Crippen molar-refractivity contribution in [3.05, 3.63) is 50.9 Å². The second-order valence-electron chi connectivity index (χ2n) is 8.88. The number of carboxylic acid groups (broad SMARTS) is 1. The Kier molecular flexibility index (Phi) is 4.85. The molecule has 2 aliphatic rings. The molecule has 1 saturated carbocycles. The lowest BCUT2D eigenvalue weighted by molar-refractivity contribution is 0.0691. The molecule has 1 fully saturated rings. The van der Waals surface area contributed by atoms with E-state index in [1.165, 1.54) is 25.0 Å². The highest BCUT2D eigenvalue weighted by Crippen LogP contribution is 2.38. The largest absolute Gasteiger partial charge is 0.506 e. The van der Waals surface area contributed by atoms with E-state index in [-0.39, 0.29) is 0 Å². The first-order valence-electron chi connectivity index (χ1n) is 11.0. The average molecular weight is 421 g/mol. The Morgan fingerprint density at radius 2 is 2.03 bits per heavy atom. The number of aryl methyl sites for hydroxylation is 2. The minimum Gasteiger partial charge on any atom is -0.506 e. The third-order valence-corrected chi connectivity index (χ3v) is 6.98. The van der Waals surface area contributed by atoms with E-state index in [9.17, 15) is 19.8 Å². The number of aromatic carboxylic acids is 1. The molecule has 0 aliphatic heterocycles. The second kappa shape index (κ2) is 7.57. The minimum atomic E-state index is -1.41. The normalized spacial score (nSPS) is 15.9. The van der Waals surface area contributed by atoms with Crippen LogP contribution in [0.15, 0.2) is 23.0 Å². The SMILES string of the molecule is Cn1c(CNCC2CCC2)cc2cc3c(cc21)CCCc1c-3[nH]c(=O)c(C(=O)O)c1O. The summed E-state index contributed by atoms with van der Waals surface area (Å²) in [5.41, 5.74) is 3.99. The Morgan fingerprint density at radius 3 is 2.74 bits per heavy atom. The van der Waals surface area contributed by atoms with Crippen LogP contribution in [0.2, 0.25) is 0 Å². The summed E-state index contributed by atoms with van der Waals surface area (Å²) in [5, 5.41) is 24.5. The van der Waals surface area contributed by atoms with E-state index in [0.717, 1.165) is 53.9 Å². The van der Waals surface area contributed by atoms with Crippen molar-refractivity contribution in [1.29, 1.82) is 0 Å². The van der Waals surface area contributed by atoms with Gasteiger partial charge in [-0.15, -0.1) is 0 Å². The molecule has 0 bridgehead atoms. The number of carboxylic acids is 1. The van der Waals surface area contributed by atoms with Gasteiger partial charge in [-0.05, 0) is 68.3 Å². The molecule has 162 valence electrons. The number of benzene rings is 1. The van der Waals surface area contributed by atoms with Crippen LogP contribution in [-0.2, 0) is 26.4 Å². The highest BCUT2D eigenvalue weighted by atomic mass is 16.4. The fourth-order valence-corrected chi connectivity index (χ4v) is 4.95. The van der Waals surface area contributed by atoms with Crippen molar-refractivity contribution in [3.8, 4) is 17.0 Å². The number of H-pyrrole nitrogens is 1. The number of nitrogens with one attached hydrogen (secondary N) is 2. The fraction of sp³-hybridized carbons (Fsp3) is 0.417. The van der Waals surface area contributed by atoms with Crippen LogP contribution in [-0.4, -0.2) is 32.3 Å². The smallest absolute Gasteiger partial charge is 0.345 e. The highest BCUT2D eigenvalue weighted by molar-refractivity contribution is 5.93. The number of nitrogens with zero attached hydrogens (tertiary/aromatic N) is 1. The van der Waals surface area contributed by atoms with Crippen LogP contribution in [0.25, 0.3) is 22.2 Å². The number of aromatic amines is 1. The first-order chi connectivity index (χ1) is 14.9. The number of carbonyl (C=O) groups is 1. The molecule has 2 aliphatic carbocycles. The van der Waals surface area contributed by atoms with E-state index in [2.05, 4.69) is 40.1 Å². The number of hydrogen-bond acceptors (Lipinski definition) is 4. The molecule has 3 aromatic rings. The van der Waals surface area contributed by atoms with Gasteiger partial charge in [-0.2, -0.15) is 0 Å². The number of pyridine rings is 1. The van der Waals surface area contributed by atoms with Crippen LogP contribution in [0.3, 0.4) is 0 Å². The van der Waals surface area contributed by atoms with Gasteiger partial charge >= 0.3 is 5.97 Å². The Morgan fingerprint density at radius 1 is 1.23 bits per heavy atom. The lowest BCUT2D eigenvalue weighted by atomic mass is 9.85. The Bertz CT molecular complexity index is 1250.